The number of carbonyl (C=O) groups is 3. The molecule has 7 heteroatoms. The van der Waals surface area contributed by atoms with Gasteiger partial charge in [-0.05, 0) is 42.5 Å². The maximum absolute atomic E-state index is 13.6. The average Bonchev–Trinajstić information content (AvgIpc) is 2.86. The number of anilines is 1. The number of hydrogen-bond donors (Lipinski definition) is 1. The van der Waals surface area contributed by atoms with E-state index in [0.29, 0.717) is 0 Å². The van der Waals surface area contributed by atoms with E-state index in [9.17, 15) is 18.8 Å². The molecule has 0 aromatic heterocycles. The Bertz CT molecular complexity index is 909. The minimum Gasteiger partial charge on any atom is -0.322 e. The van der Waals surface area contributed by atoms with Crippen LogP contribution in [0, 0.1) is 12.7 Å². The monoisotopic (exact) mass is 370 g/mol. The zero-order chi connectivity index (χ0) is 18.7. The number of benzene rings is 2. The van der Waals surface area contributed by atoms with Gasteiger partial charge in [0.15, 0.2) is 0 Å². The summed E-state index contributed by atoms with van der Waals surface area (Å²) in [5.41, 5.74) is 1.87. The number of aryl methyl sites for hydroxylation is 1. The number of amides is 3. The molecule has 0 saturated carbocycles. The number of halogens is 1. The summed E-state index contributed by atoms with van der Waals surface area (Å²) in [6, 6.07) is 13.2. The molecule has 1 aliphatic heterocycles. The van der Waals surface area contributed by atoms with Gasteiger partial charge in [-0.3, -0.25) is 19.3 Å². The summed E-state index contributed by atoms with van der Waals surface area (Å²) in [6.45, 7) is 1.48. The zero-order valence-corrected chi connectivity index (χ0v) is 14.7. The van der Waals surface area contributed by atoms with Crippen molar-refractivity contribution in [2.75, 3.05) is 11.9 Å². The number of para-hydroxylation sites is 1. The Labute approximate surface area is 153 Å². The molecular weight excluding hydrogens is 355 g/mol. The van der Waals surface area contributed by atoms with Crippen LogP contribution in [0.3, 0.4) is 0 Å². The summed E-state index contributed by atoms with van der Waals surface area (Å²) in [5.74, 6) is -1.77. The minimum atomic E-state index is -0.644. The molecule has 0 bridgehead atoms. The van der Waals surface area contributed by atoms with Crippen LogP contribution in [0.25, 0.3) is 6.08 Å². The van der Waals surface area contributed by atoms with Crippen LogP contribution in [-0.2, 0) is 9.59 Å². The van der Waals surface area contributed by atoms with E-state index in [1.807, 2.05) is 31.2 Å². The van der Waals surface area contributed by atoms with Gasteiger partial charge in [0.25, 0.3) is 11.1 Å². The van der Waals surface area contributed by atoms with Gasteiger partial charge in [-0.25, -0.2) is 4.39 Å². The molecule has 1 N–H and O–H groups in total. The van der Waals surface area contributed by atoms with Crippen LogP contribution in [-0.4, -0.2) is 28.5 Å². The third-order valence-corrected chi connectivity index (χ3v) is 4.61. The van der Waals surface area contributed by atoms with Crippen molar-refractivity contribution in [3.8, 4) is 0 Å². The number of nitrogens with one attached hydrogen (secondary N) is 1. The molecule has 1 fully saturated rings. The highest BCUT2D eigenvalue weighted by atomic mass is 32.2. The fraction of sp³-hybridized carbons (Fsp3) is 0.105. The van der Waals surface area contributed by atoms with E-state index < -0.39 is 29.4 Å². The van der Waals surface area contributed by atoms with Crippen molar-refractivity contribution in [1.29, 1.82) is 0 Å². The Morgan fingerprint density at radius 1 is 1.15 bits per heavy atom. The van der Waals surface area contributed by atoms with Crippen LogP contribution in [0.4, 0.5) is 14.9 Å². The van der Waals surface area contributed by atoms with E-state index in [-0.39, 0.29) is 10.6 Å². The highest BCUT2D eigenvalue weighted by molar-refractivity contribution is 8.18. The fourth-order valence-electron chi connectivity index (χ4n) is 2.35. The van der Waals surface area contributed by atoms with Crippen molar-refractivity contribution < 1.29 is 18.8 Å². The summed E-state index contributed by atoms with van der Waals surface area (Å²) < 4.78 is 13.6. The maximum Gasteiger partial charge on any atom is 0.294 e. The lowest BCUT2D eigenvalue weighted by molar-refractivity contribution is -0.127. The van der Waals surface area contributed by atoms with Crippen molar-refractivity contribution in [2.45, 2.75) is 6.92 Å². The molecule has 26 heavy (non-hydrogen) atoms. The lowest BCUT2D eigenvalue weighted by Crippen LogP contribution is -2.36. The molecule has 2 aromatic rings. The Morgan fingerprint density at radius 2 is 1.85 bits per heavy atom. The van der Waals surface area contributed by atoms with E-state index in [1.165, 1.54) is 18.2 Å². The maximum atomic E-state index is 13.6. The molecule has 3 amide bonds. The second kappa shape index (κ2) is 7.53. The zero-order valence-electron chi connectivity index (χ0n) is 13.9. The third kappa shape index (κ3) is 4.00. The van der Waals surface area contributed by atoms with Gasteiger partial charge in [0.05, 0.1) is 10.6 Å². The number of imide groups is 1. The third-order valence-electron chi connectivity index (χ3n) is 3.70. The molecule has 1 aliphatic rings. The summed E-state index contributed by atoms with van der Waals surface area (Å²) in [4.78, 5) is 37.6. The number of hydrogen-bond acceptors (Lipinski definition) is 4. The summed E-state index contributed by atoms with van der Waals surface area (Å²) in [5, 5.41) is 1.83. The van der Waals surface area contributed by atoms with Gasteiger partial charge in [0.1, 0.15) is 12.4 Å². The first-order valence-electron chi connectivity index (χ1n) is 7.80. The van der Waals surface area contributed by atoms with Gasteiger partial charge in [0, 0.05) is 0 Å². The van der Waals surface area contributed by atoms with Crippen LogP contribution < -0.4 is 5.32 Å². The lowest BCUT2D eigenvalue weighted by Gasteiger charge is -2.12. The second-order valence-electron chi connectivity index (χ2n) is 5.71. The molecule has 0 unspecified atom stereocenters. The predicted octanol–water partition coefficient (Wildman–Crippen LogP) is 3.81. The van der Waals surface area contributed by atoms with E-state index in [1.54, 1.807) is 12.1 Å². The second-order valence-corrected chi connectivity index (χ2v) is 6.70. The van der Waals surface area contributed by atoms with Crippen LogP contribution >= 0.6 is 11.8 Å². The van der Waals surface area contributed by atoms with E-state index >= 15 is 0 Å². The molecule has 132 valence electrons. The van der Waals surface area contributed by atoms with E-state index in [4.69, 9.17) is 0 Å². The standard InChI is InChI=1S/C19H15FN2O3S/c1-12-6-8-13(9-7-12)10-16-18(24)22(19(25)26-16)11-17(23)21-15-5-3-2-4-14(15)20/h2-10H,11H2,1H3,(H,21,23)/b16-10+. The number of rotatable bonds is 4. The normalized spacial score (nSPS) is 15.6. The molecule has 0 atom stereocenters. The topological polar surface area (TPSA) is 66.5 Å². The van der Waals surface area contributed by atoms with Crippen molar-refractivity contribution in [2.24, 2.45) is 0 Å². The van der Waals surface area contributed by atoms with E-state index in [0.717, 1.165) is 27.8 Å². The summed E-state index contributed by atoms with van der Waals surface area (Å²) in [7, 11) is 0. The van der Waals surface area contributed by atoms with Gasteiger partial charge in [-0.2, -0.15) is 0 Å². The first-order chi connectivity index (χ1) is 12.4. The first-order valence-corrected chi connectivity index (χ1v) is 8.62. The average molecular weight is 370 g/mol. The Kier molecular flexibility index (Phi) is 5.18. The van der Waals surface area contributed by atoms with E-state index in [2.05, 4.69) is 5.32 Å². The fourth-order valence-corrected chi connectivity index (χ4v) is 3.18. The molecular formula is C19H15FN2O3S. The van der Waals surface area contributed by atoms with Crippen molar-refractivity contribution in [3.63, 3.8) is 0 Å². The molecule has 3 rings (SSSR count). The predicted molar refractivity (Wildman–Crippen MR) is 98.9 cm³/mol. The van der Waals surface area contributed by atoms with Crippen LogP contribution in [0.5, 0.6) is 0 Å². The van der Waals surface area contributed by atoms with Crippen molar-refractivity contribution >= 4 is 40.6 Å². The van der Waals surface area contributed by atoms with Gasteiger partial charge in [-0.15, -0.1) is 0 Å². The first kappa shape index (κ1) is 17.9. The lowest BCUT2D eigenvalue weighted by atomic mass is 10.1. The van der Waals surface area contributed by atoms with Crippen molar-refractivity contribution in [1.82, 2.24) is 4.90 Å². The number of thioether (sulfide) groups is 1. The Balaban J connectivity index is 1.70. The SMILES string of the molecule is Cc1ccc(/C=C2/SC(=O)N(CC(=O)Nc3ccccc3F)C2=O)cc1. The minimum absolute atomic E-state index is 0.000307. The molecule has 1 saturated heterocycles. The molecule has 5 nitrogen and oxygen atoms in total. The largest absolute Gasteiger partial charge is 0.322 e. The quantitative estimate of drug-likeness (QED) is 0.831. The van der Waals surface area contributed by atoms with Gasteiger partial charge >= 0.3 is 0 Å². The van der Waals surface area contributed by atoms with Crippen LogP contribution in [0.1, 0.15) is 11.1 Å². The molecule has 0 aliphatic carbocycles. The van der Waals surface area contributed by atoms with Crippen LogP contribution in [0.2, 0.25) is 0 Å². The van der Waals surface area contributed by atoms with Crippen LogP contribution in [0.15, 0.2) is 53.4 Å². The number of carbonyl (C=O) groups excluding carboxylic acids is 3. The highest BCUT2D eigenvalue weighted by Gasteiger charge is 2.36. The van der Waals surface area contributed by atoms with Crippen molar-refractivity contribution in [3.05, 3.63) is 70.4 Å². The summed E-state index contributed by atoms with van der Waals surface area (Å²) in [6.07, 6.45) is 1.61. The highest BCUT2D eigenvalue weighted by Crippen LogP contribution is 2.32. The molecule has 1 heterocycles. The molecule has 0 spiro atoms. The molecule has 2 aromatic carbocycles. The summed E-state index contributed by atoms with van der Waals surface area (Å²) >= 11 is 0.777. The smallest absolute Gasteiger partial charge is 0.294 e. The van der Waals surface area contributed by atoms with Gasteiger partial charge in [-0.1, -0.05) is 42.0 Å². The Morgan fingerprint density at radius 3 is 2.54 bits per heavy atom. The van der Waals surface area contributed by atoms with Gasteiger partial charge < -0.3 is 5.32 Å². The van der Waals surface area contributed by atoms with Gasteiger partial charge in [0.2, 0.25) is 5.91 Å². The number of nitrogens with zero attached hydrogens (tertiary/aromatic N) is 1. The molecule has 0 radical (unpaired) electrons. The Hall–Kier alpha value is -2.93.